The largest absolute Gasteiger partial charge is 0.497 e. The van der Waals surface area contributed by atoms with Gasteiger partial charge in [0.05, 0.1) is 29.1 Å². The SMILES string of the molecule is COc1ccc(-n2nc(CCC(=O)N(C)O)cc2-c2cccs2)cc1. The van der Waals surface area contributed by atoms with E-state index in [1.807, 2.05) is 52.5 Å². The lowest BCUT2D eigenvalue weighted by Gasteiger charge is -2.07. The van der Waals surface area contributed by atoms with Crippen molar-refractivity contribution in [1.82, 2.24) is 14.8 Å². The number of hydrogen-bond donors (Lipinski definition) is 1. The monoisotopic (exact) mass is 357 g/mol. The number of nitrogens with zero attached hydrogens (tertiary/aromatic N) is 3. The van der Waals surface area contributed by atoms with Gasteiger partial charge >= 0.3 is 0 Å². The average Bonchev–Trinajstić information content (AvgIpc) is 3.29. The smallest absolute Gasteiger partial charge is 0.246 e. The van der Waals surface area contributed by atoms with Crippen molar-refractivity contribution in [3.8, 4) is 22.0 Å². The molecule has 0 saturated carbocycles. The zero-order valence-electron chi connectivity index (χ0n) is 14.0. The van der Waals surface area contributed by atoms with Gasteiger partial charge in [0.2, 0.25) is 5.91 Å². The van der Waals surface area contributed by atoms with E-state index in [4.69, 9.17) is 4.74 Å². The number of benzene rings is 1. The van der Waals surface area contributed by atoms with Crippen molar-refractivity contribution in [1.29, 1.82) is 0 Å². The number of aryl methyl sites for hydroxylation is 1. The van der Waals surface area contributed by atoms with Crippen molar-refractivity contribution >= 4 is 17.2 Å². The number of hydrogen-bond acceptors (Lipinski definition) is 5. The van der Waals surface area contributed by atoms with E-state index in [1.54, 1.807) is 18.4 Å². The van der Waals surface area contributed by atoms with E-state index in [-0.39, 0.29) is 12.3 Å². The highest BCUT2D eigenvalue weighted by Gasteiger charge is 2.14. The number of thiophene rings is 1. The summed E-state index contributed by atoms with van der Waals surface area (Å²) >= 11 is 1.63. The molecular weight excluding hydrogens is 338 g/mol. The molecule has 1 aromatic carbocycles. The third-order valence-electron chi connectivity index (χ3n) is 3.81. The van der Waals surface area contributed by atoms with Crippen LogP contribution in [-0.4, -0.2) is 40.1 Å². The Morgan fingerprint density at radius 1 is 1.32 bits per heavy atom. The van der Waals surface area contributed by atoms with E-state index in [9.17, 15) is 10.0 Å². The van der Waals surface area contributed by atoms with Crippen LogP contribution in [0.1, 0.15) is 12.1 Å². The van der Waals surface area contributed by atoms with Crippen LogP contribution in [-0.2, 0) is 11.2 Å². The summed E-state index contributed by atoms with van der Waals surface area (Å²) in [5, 5.41) is 16.5. The first-order valence-electron chi connectivity index (χ1n) is 7.81. The molecule has 6 nitrogen and oxygen atoms in total. The second-order valence-corrected chi connectivity index (χ2v) is 6.47. The maximum Gasteiger partial charge on any atom is 0.246 e. The third-order valence-corrected chi connectivity index (χ3v) is 4.70. The maximum atomic E-state index is 11.6. The van der Waals surface area contributed by atoms with Crippen molar-refractivity contribution in [2.75, 3.05) is 14.2 Å². The summed E-state index contributed by atoms with van der Waals surface area (Å²) < 4.78 is 7.08. The molecule has 25 heavy (non-hydrogen) atoms. The molecule has 0 atom stereocenters. The summed E-state index contributed by atoms with van der Waals surface area (Å²) in [6.07, 6.45) is 0.668. The first kappa shape index (κ1) is 17.2. The molecule has 0 radical (unpaired) electrons. The Morgan fingerprint density at radius 3 is 2.68 bits per heavy atom. The Bertz CT molecular complexity index is 839. The fraction of sp³-hybridized carbons (Fsp3) is 0.222. The molecule has 1 amide bonds. The lowest BCUT2D eigenvalue weighted by molar-refractivity contribution is -0.159. The van der Waals surface area contributed by atoms with Crippen molar-refractivity contribution < 1.29 is 14.7 Å². The normalized spacial score (nSPS) is 10.7. The second-order valence-electron chi connectivity index (χ2n) is 5.53. The Balaban J connectivity index is 1.93. The summed E-state index contributed by atoms with van der Waals surface area (Å²) in [6.45, 7) is 0. The number of carbonyl (C=O) groups excluding carboxylic acids is 1. The molecule has 7 heteroatoms. The van der Waals surface area contributed by atoms with Crippen molar-refractivity contribution in [3.63, 3.8) is 0 Å². The predicted octanol–water partition coefficient (Wildman–Crippen LogP) is 3.39. The van der Waals surface area contributed by atoms with Crippen LogP contribution in [0, 0.1) is 0 Å². The first-order chi connectivity index (χ1) is 12.1. The summed E-state index contributed by atoms with van der Waals surface area (Å²) in [5.74, 6) is 0.446. The predicted molar refractivity (Wildman–Crippen MR) is 96.3 cm³/mol. The molecule has 0 fully saturated rings. The topological polar surface area (TPSA) is 67.6 Å². The Morgan fingerprint density at radius 2 is 2.08 bits per heavy atom. The number of rotatable bonds is 6. The molecule has 3 aromatic rings. The van der Waals surface area contributed by atoms with Gasteiger partial charge in [-0.3, -0.25) is 10.0 Å². The van der Waals surface area contributed by atoms with Gasteiger partial charge in [0.1, 0.15) is 5.75 Å². The number of carbonyl (C=O) groups is 1. The van der Waals surface area contributed by atoms with Gasteiger partial charge in [-0.2, -0.15) is 5.10 Å². The first-order valence-corrected chi connectivity index (χ1v) is 8.69. The molecule has 0 bridgehead atoms. The molecule has 3 rings (SSSR count). The van der Waals surface area contributed by atoms with Gasteiger partial charge in [0, 0.05) is 19.9 Å². The molecule has 0 aliphatic rings. The Kier molecular flexibility index (Phi) is 5.16. The molecule has 130 valence electrons. The van der Waals surface area contributed by atoms with Crippen LogP contribution in [0.3, 0.4) is 0 Å². The van der Waals surface area contributed by atoms with Crippen LogP contribution in [0.2, 0.25) is 0 Å². The Hall–Kier alpha value is -2.64. The summed E-state index contributed by atoms with van der Waals surface area (Å²) in [7, 11) is 2.96. The lowest BCUT2D eigenvalue weighted by atomic mass is 10.2. The van der Waals surface area contributed by atoms with Crippen LogP contribution in [0.15, 0.2) is 47.8 Å². The number of ether oxygens (including phenoxy) is 1. The van der Waals surface area contributed by atoms with Crippen molar-refractivity contribution in [3.05, 3.63) is 53.5 Å². The minimum Gasteiger partial charge on any atom is -0.497 e. The van der Waals surface area contributed by atoms with Gasteiger partial charge < -0.3 is 4.74 Å². The number of amides is 1. The molecule has 0 spiro atoms. The van der Waals surface area contributed by atoms with Gasteiger partial charge in [0.25, 0.3) is 0 Å². The fourth-order valence-corrected chi connectivity index (χ4v) is 3.20. The Labute approximate surface area is 149 Å². The summed E-state index contributed by atoms with van der Waals surface area (Å²) in [4.78, 5) is 12.7. The van der Waals surface area contributed by atoms with Crippen molar-refractivity contribution in [2.24, 2.45) is 0 Å². The highest BCUT2D eigenvalue weighted by molar-refractivity contribution is 7.13. The van der Waals surface area contributed by atoms with Gasteiger partial charge in [-0.05, 0) is 41.8 Å². The van der Waals surface area contributed by atoms with Crippen LogP contribution < -0.4 is 4.74 Å². The van der Waals surface area contributed by atoms with E-state index < -0.39 is 0 Å². The van der Waals surface area contributed by atoms with Crippen LogP contribution in [0.5, 0.6) is 5.75 Å². The molecule has 0 aliphatic heterocycles. The molecule has 2 heterocycles. The standard InChI is InChI=1S/C18H19N3O3S/c1-20(23)18(22)10-5-13-12-16(17-4-3-11-25-17)21(19-13)14-6-8-15(24-2)9-7-14/h3-4,6-9,11-12,23H,5,10H2,1-2H3. The lowest BCUT2D eigenvalue weighted by Crippen LogP contribution is -2.22. The van der Waals surface area contributed by atoms with Crippen LogP contribution in [0.4, 0.5) is 0 Å². The number of hydroxylamine groups is 2. The molecule has 0 aliphatic carbocycles. The van der Waals surface area contributed by atoms with Crippen LogP contribution >= 0.6 is 11.3 Å². The minimum atomic E-state index is -0.336. The van der Waals surface area contributed by atoms with E-state index in [2.05, 4.69) is 5.10 Å². The van der Waals surface area contributed by atoms with Crippen LogP contribution in [0.25, 0.3) is 16.3 Å². The van der Waals surface area contributed by atoms with Gasteiger partial charge in [0.15, 0.2) is 0 Å². The quantitative estimate of drug-likeness (QED) is 0.542. The van der Waals surface area contributed by atoms with Gasteiger partial charge in [-0.1, -0.05) is 6.07 Å². The average molecular weight is 357 g/mol. The second kappa shape index (κ2) is 7.50. The molecular formula is C18H19N3O3S. The summed E-state index contributed by atoms with van der Waals surface area (Å²) in [5.41, 5.74) is 2.69. The third kappa shape index (κ3) is 3.89. The highest BCUT2D eigenvalue weighted by atomic mass is 32.1. The van der Waals surface area contributed by atoms with E-state index in [0.717, 1.165) is 27.7 Å². The summed E-state index contributed by atoms with van der Waals surface area (Å²) in [6, 6.07) is 13.7. The van der Waals surface area contributed by atoms with E-state index in [1.165, 1.54) is 7.05 Å². The highest BCUT2D eigenvalue weighted by Crippen LogP contribution is 2.29. The maximum absolute atomic E-state index is 11.6. The van der Waals surface area contributed by atoms with Gasteiger partial charge in [-0.25, -0.2) is 9.75 Å². The molecule has 1 N–H and O–H groups in total. The van der Waals surface area contributed by atoms with E-state index in [0.29, 0.717) is 11.5 Å². The zero-order valence-corrected chi connectivity index (χ0v) is 14.9. The number of aromatic nitrogens is 2. The van der Waals surface area contributed by atoms with Crippen molar-refractivity contribution in [2.45, 2.75) is 12.8 Å². The number of methoxy groups -OCH3 is 1. The molecule has 0 saturated heterocycles. The molecule has 2 aromatic heterocycles. The van der Waals surface area contributed by atoms with Gasteiger partial charge in [-0.15, -0.1) is 11.3 Å². The van der Waals surface area contributed by atoms with E-state index >= 15 is 0 Å². The zero-order chi connectivity index (χ0) is 17.8. The fourth-order valence-electron chi connectivity index (χ4n) is 2.47. The minimum absolute atomic E-state index is 0.205. The molecule has 0 unspecified atom stereocenters.